The largest absolute Gasteiger partial charge is 0.335 e. The van der Waals surface area contributed by atoms with Gasteiger partial charge in [-0.2, -0.15) is 5.26 Å². The zero-order valence-corrected chi connectivity index (χ0v) is 14.2. The Morgan fingerprint density at radius 1 is 1.36 bits per heavy atom. The van der Waals surface area contributed by atoms with E-state index in [9.17, 15) is 10.1 Å². The lowest BCUT2D eigenvalue weighted by Crippen LogP contribution is -2.44. The lowest BCUT2D eigenvalue weighted by atomic mass is 9.98. The van der Waals surface area contributed by atoms with Crippen LogP contribution in [0.15, 0.2) is 47.6 Å². The van der Waals surface area contributed by atoms with Gasteiger partial charge >= 0.3 is 0 Å². The second-order valence-electron chi connectivity index (χ2n) is 5.82. The maximum atomic E-state index is 13.0. The second-order valence-corrected chi connectivity index (χ2v) is 5.82. The molecule has 6 heteroatoms. The van der Waals surface area contributed by atoms with Crippen molar-refractivity contribution in [1.29, 1.82) is 5.26 Å². The molecule has 1 aliphatic rings. The Morgan fingerprint density at radius 2 is 2.16 bits per heavy atom. The van der Waals surface area contributed by atoms with Crippen LogP contribution in [0.5, 0.6) is 0 Å². The van der Waals surface area contributed by atoms with E-state index in [-0.39, 0.29) is 17.8 Å². The number of para-hydroxylation sites is 1. The molecule has 2 heterocycles. The Bertz CT molecular complexity index is 868. The highest BCUT2D eigenvalue weighted by molar-refractivity contribution is 6.42. The van der Waals surface area contributed by atoms with Gasteiger partial charge in [-0.15, -0.1) is 0 Å². The molecule has 25 heavy (non-hydrogen) atoms. The quantitative estimate of drug-likeness (QED) is 0.642. The fourth-order valence-electron chi connectivity index (χ4n) is 3.06. The third-order valence-corrected chi connectivity index (χ3v) is 4.42. The molecule has 2 aromatic rings. The monoisotopic (exact) mass is 333 g/mol. The maximum Gasteiger partial charge on any atom is 0.289 e. The van der Waals surface area contributed by atoms with Crippen LogP contribution in [0.2, 0.25) is 0 Å². The fourth-order valence-corrected chi connectivity index (χ4v) is 3.06. The summed E-state index contributed by atoms with van der Waals surface area (Å²) in [5.74, 6) is 0.0409. The number of benzene rings is 1. The normalized spacial score (nSPS) is 16.8. The molecule has 0 aliphatic carbocycles. The van der Waals surface area contributed by atoms with E-state index in [1.807, 2.05) is 25.1 Å². The van der Waals surface area contributed by atoms with Crippen LogP contribution in [-0.2, 0) is 11.2 Å². The van der Waals surface area contributed by atoms with Crippen molar-refractivity contribution in [2.75, 3.05) is 18.9 Å². The summed E-state index contributed by atoms with van der Waals surface area (Å²) in [6, 6.07) is 13.0. The standard InChI is InChI=1S/C19H19N5O/c1-13-15-7-5-10-22-17(15)9-11-24(13)19(25)18(21-2)23-16-8-4-3-6-14(16)12-20/h3-8,10,13H,9,11H2,1-2H3,(H,21,23). The Morgan fingerprint density at radius 3 is 2.92 bits per heavy atom. The Kier molecular flexibility index (Phi) is 4.75. The van der Waals surface area contributed by atoms with Gasteiger partial charge < -0.3 is 10.2 Å². The molecule has 1 aromatic heterocycles. The average molecular weight is 333 g/mol. The van der Waals surface area contributed by atoms with Crippen LogP contribution in [0.1, 0.15) is 29.8 Å². The Balaban J connectivity index is 1.83. The first-order chi connectivity index (χ1) is 12.2. The van der Waals surface area contributed by atoms with Crippen LogP contribution in [0.4, 0.5) is 5.69 Å². The number of nitrogens with zero attached hydrogens (tertiary/aromatic N) is 4. The first kappa shape index (κ1) is 16.7. The minimum atomic E-state index is -0.183. The second kappa shape index (κ2) is 7.14. The molecule has 126 valence electrons. The first-order valence-electron chi connectivity index (χ1n) is 8.13. The summed E-state index contributed by atoms with van der Waals surface area (Å²) in [4.78, 5) is 23.3. The number of anilines is 1. The first-order valence-corrected chi connectivity index (χ1v) is 8.13. The van der Waals surface area contributed by atoms with E-state index in [1.165, 1.54) is 0 Å². The van der Waals surface area contributed by atoms with E-state index in [0.29, 0.717) is 17.8 Å². The molecular formula is C19H19N5O. The molecule has 3 rings (SSSR count). The predicted octanol–water partition coefficient (Wildman–Crippen LogP) is 2.54. The SMILES string of the molecule is CN=C(Nc1ccccc1C#N)C(=O)N1CCc2ncccc2C1C. The number of nitriles is 1. The molecule has 0 spiro atoms. The highest BCUT2D eigenvalue weighted by atomic mass is 16.2. The minimum absolute atomic E-state index is 0.0743. The van der Waals surface area contributed by atoms with Gasteiger partial charge in [0.05, 0.1) is 17.3 Å². The predicted molar refractivity (Wildman–Crippen MR) is 96.2 cm³/mol. The summed E-state index contributed by atoms with van der Waals surface area (Å²) in [7, 11) is 1.57. The van der Waals surface area contributed by atoms with Crippen molar-refractivity contribution in [3.63, 3.8) is 0 Å². The third-order valence-electron chi connectivity index (χ3n) is 4.42. The Labute approximate surface area is 146 Å². The van der Waals surface area contributed by atoms with Crippen molar-refractivity contribution in [1.82, 2.24) is 9.88 Å². The van der Waals surface area contributed by atoms with Gasteiger partial charge in [-0.1, -0.05) is 18.2 Å². The minimum Gasteiger partial charge on any atom is -0.335 e. The van der Waals surface area contributed by atoms with Gasteiger partial charge in [0.1, 0.15) is 6.07 Å². The summed E-state index contributed by atoms with van der Waals surface area (Å²) < 4.78 is 0. The average Bonchev–Trinajstić information content (AvgIpc) is 2.66. The topological polar surface area (TPSA) is 81.4 Å². The van der Waals surface area contributed by atoms with E-state index in [2.05, 4.69) is 21.4 Å². The molecule has 1 aliphatic heterocycles. The van der Waals surface area contributed by atoms with Gasteiger partial charge in [0, 0.05) is 31.9 Å². The molecule has 0 saturated heterocycles. The highest BCUT2D eigenvalue weighted by Gasteiger charge is 2.30. The van der Waals surface area contributed by atoms with Crippen molar-refractivity contribution < 1.29 is 4.79 Å². The number of aromatic nitrogens is 1. The van der Waals surface area contributed by atoms with Crippen molar-refractivity contribution >= 4 is 17.4 Å². The van der Waals surface area contributed by atoms with E-state index in [1.54, 1.807) is 36.3 Å². The highest BCUT2D eigenvalue weighted by Crippen LogP contribution is 2.28. The summed E-state index contributed by atoms with van der Waals surface area (Å²) >= 11 is 0. The fraction of sp³-hybridized carbons (Fsp3) is 0.263. The van der Waals surface area contributed by atoms with Crippen LogP contribution < -0.4 is 5.32 Å². The van der Waals surface area contributed by atoms with Gasteiger partial charge in [0.2, 0.25) is 0 Å². The van der Waals surface area contributed by atoms with E-state index >= 15 is 0 Å². The van der Waals surface area contributed by atoms with Gasteiger partial charge in [0.25, 0.3) is 5.91 Å². The number of rotatable bonds is 1. The van der Waals surface area contributed by atoms with Crippen molar-refractivity contribution in [2.24, 2.45) is 4.99 Å². The Hall–Kier alpha value is -3.20. The maximum absolute atomic E-state index is 13.0. The molecule has 0 fully saturated rings. The lowest BCUT2D eigenvalue weighted by Gasteiger charge is -2.34. The smallest absolute Gasteiger partial charge is 0.289 e. The van der Waals surface area contributed by atoms with Gasteiger partial charge in [-0.25, -0.2) is 0 Å². The van der Waals surface area contributed by atoms with Crippen LogP contribution in [-0.4, -0.2) is 35.2 Å². The zero-order valence-electron chi connectivity index (χ0n) is 14.2. The van der Waals surface area contributed by atoms with Crippen LogP contribution in [0, 0.1) is 11.3 Å². The van der Waals surface area contributed by atoms with E-state index < -0.39 is 0 Å². The number of amides is 1. The number of hydrogen-bond donors (Lipinski definition) is 1. The molecule has 6 nitrogen and oxygen atoms in total. The molecule has 1 amide bonds. The number of aliphatic imine (C=N–C) groups is 1. The molecule has 1 unspecified atom stereocenters. The van der Waals surface area contributed by atoms with Crippen molar-refractivity contribution in [2.45, 2.75) is 19.4 Å². The summed E-state index contributed by atoms with van der Waals surface area (Å²) in [6.45, 7) is 2.58. The third kappa shape index (κ3) is 3.22. The number of nitrogens with one attached hydrogen (secondary N) is 1. The molecule has 0 bridgehead atoms. The number of fused-ring (bicyclic) bond motifs is 1. The van der Waals surface area contributed by atoms with E-state index in [0.717, 1.165) is 17.7 Å². The molecule has 0 radical (unpaired) electrons. The van der Waals surface area contributed by atoms with Crippen molar-refractivity contribution in [3.8, 4) is 6.07 Å². The molecular weight excluding hydrogens is 314 g/mol. The number of hydrogen-bond acceptors (Lipinski definition) is 4. The zero-order chi connectivity index (χ0) is 17.8. The van der Waals surface area contributed by atoms with E-state index in [4.69, 9.17) is 0 Å². The number of carbonyl (C=O) groups is 1. The van der Waals surface area contributed by atoms with Gasteiger partial charge in [0.15, 0.2) is 5.84 Å². The molecule has 1 aromatic carbocycles. The summed E-state index contributed by atoms with van der Waals surface area (Å²) in [5.41, 5.74) is 3.15. The molecule has 1 atom stereocenters. The van der Waals surface area contributed by atoms with Crippen LogP contribution >= 0.6 is 0 Å². The number of carbonyl (C=O) groups excluding carboxylic acids is 1. The van der Waals surface area contributed by atoms with Crippen LogP contribution in [0.25, 0.3) is 0 Å². The number of pyridine rings is 1. The van der Waals surface area contributed by atoms with Gasteiger partial charge in [-0.3, -0.25) is 14.8 Å². The van der Waals surface area contributed by atoms with Gasteiger partial charge in [-0.05, 0) is 30.7 Å². The molecule has 1 N–H and O–H groups in total. The summed E-state index contributed by atoms with van der Waals surface area (Å²) in [6.07, 6.45) is 2.50. The van der Waals surface area contributed by atoms with Crippen molar-refractivity contribution in [3.05, 3.63) is 59.4 Å². The lowest BCUT2D eigenvalue weighted by molar-refractivity contribution is -0.126. The van der Waals surface area contributed by atoms with Crippen LogP contribution in [0.3, 0.4) is 0 Å². The number of amidine groups is 1. The molecule has 0 saturated carbocycles. The summed E-state index contributed by atoms with van der Waals surface area (Å²) in [5, 5.41) is 12.2.